The summed E-state index contributed by atoms with van der Waals surface area (Å²) < 4.78 is 9.68. The summed E-state index contributed by atoms with van der Waals surface area (Å²) in [5, 5.41) is 0.953. The predicted octanol–water partition coefficient (Wildman–Crippen LogP) is 5.23. The molecule has 0 saturated carbocycles. The van der Waals surface area contributed by atoms with Gasteiger partial charge in [-0.3, -0.25) is 14.2 Å². The Balaban J connectivity index is 1.42. The van der Waals surface area contributed by atoms with Crippen molar-refractivity contribution in [3.8, 4) is 0 Å². The van der Waals surface area contributed by atoms with E-state index in [1.165, 1.54) is 11.3 Å². The maximum absolute atomic E-state index is 14.4. The number of nitrogens with zero attached hydrogens (tertiary/aromatic N) is 4. The van der Waals surface area contributed by atoms with Crippen LogP contribution in [0.5, 0.6) is 0 Å². The number of hydrogen-bond acceptors (Lipinski definition) is 7. The van der Waals surface area contributed by atoms with Gasteiger partial charge in [-0.15, -0.1) is 11.8 Å². The first-order valence-electron chi connectivity index (χ1n) is 15.7. The summed E-state index contributed by atoms with van der Waals surface area (Å²) in [6, 6.07) is 24.7. The number of esters is 1. The van der Waals surface area contributed by atoms with Crippen molar-refractivity contribution in [1.29, 1.82) is 0 Å². The number of para-hydroxylation sites is 1. The Kier molecular flexibility index (Phi) is 8.70. The molecule has 5 aromatic rings. The average molecular weight is 663 g/mol. The van der Waals surface area contributed by atoms with Gasteiger partial charge in [-0.05, 0) is 55.9 Å². The highest BCUT2D eigenvalue weighted by atomic mass is 32.2. The van der Waals surface area contributed by atoms with Gasteiger partial charge < -0.3 is 14.2 Å². The number of carbonyl (C=O) groups is 2. The number of aromatic nitrogens is 2. The first-order chi connectivity index (χ1) is 23.0. The van der Waals surface area contributed by atoms with Crippen molar-refractivity contribution in [2.24, 2.45) is 4.99 Å². The smallest absolute Gasteiger partial charge is 0.338 e. The average Bonchev–Trinajstić information content (AvgIpc) is 3.84. The second-order valence-electron chi connectivity index (χ2n) is 11.5. The number of benzene rings is 3. The number of hydrogen-bond donors (Lipinski definition) is 0. The van der Waals surface area contributed by atoms with Crippen LogP contribution < -0.4 is 14.9 Å². The second-order valence-corrected chi connectivity index (χ2v) is 13.4. The van der Waals surface area contributed by atoms with E-state index in [1.54, 1.807) is 23.3 Å². The molecule has 7 rings (SSSR count). The number of thioether (sulfide) groups is 1. The Labute approximate surface area is 280 Å². The highest BCUT2D eigenvalue weighted by Gasteiger charge is 2.35. The lowest BCUT2D eigenvalue weighted by Gasteiger charge is -2.26. The Bertz CT molecular complexity index is 2190. The second kappa shape index (κ2) is 13.2. The summed E-state index contributed by atoms with van der Waals surface area (Å²) in [7, 11) is 0. The van der Waals surface area contributed by atoms with Crippen molar-refractivity contribution in [3.05, 3.63) is 127 Å². The zero-order valence-electron chi connectivity index (χ0n) is 26.2. The molecule has 10 heteroatoms. The van der Waals surface area contributed by atoms with Crippen LogP contribution in [0.2, 0.25) is 0 Å². The zero-order valence-corrected chi connectivity index (χ0v) is 27.9. The van der Waals surface area contributed by atoms with E-state index in [0.717, 1.165) is 58.4 Å². The van der Waals surface area contributed by atoms with Crippen molar-refractivity contribution < 1.29 is 14.3 Å². The van der Waals surface area contributed by atoms with Gasteiger partial charge in [0.25, 0.3) is 5.56 Å². The van der Waals surface area contributed by atoms with Gasteiger partial charge in [0.1, 0.15) is 6.54 Å². The Morgan fingerprint density at radius 2 is 1.72 bits per heavy atom. The Morgan fingerprint density at radius 1 is 1.00 bits per heavy atom. The van der Waals surface area contributed by atoms with Gasteiger partial charge in [0.05, 0.1) is 28.5 Å². The lowest BCUT2D eigenvalue weighted by atomic mass is 9.93. The Hall–Kier alpha value is -4.67. The summed E-state index contributed by atoms with van der Waals surface area (Å²) in [4.78, 5) is 49.7. The van der Waals surface area contributed by atoms with Crippen LogP contribution >= 0.6 is 23.1 Å². The molecule has 3 aromatic carbocycles. The molecule has 0 aliphatic carbocycles. The molecule has 0 unspecified atom stereocenters. The molecule has 1 fully saturated rings. The van der Waals surface area contributed by atoms with Gasteiger partial charge in [0.2, 0.25) is 5.91 Å². The number of ether oxygens (including phenoxy) is 1. The summed E-state index contributed by atoms with van der Waals surface area (Å²) in [6.45, 7) is 3.80. The molecular weight excluding hydrogens is 629 g/mol. The molecule has 1 saturated heterocycles. The van der Waals surface area contributed by atoms with Gasteiger partial charge in [-0.1, -0.05) is 72.0 Å². The first kappa shape index (κ1) is 31.0. The van der Waals surface area contributed by atoms with Crippen molar-refractivity contribution in [3.63, 3.8) is 0 Å². The maximum Gasteiger partial charge on any atom is 0.338 e. The van der Waals surface area contributed by atoms with Gasteiger partial charge in [-0.25, -0.2) is 9.79 Å². The van der Waals surface area contributed by atoms with Crippen LogP contribution in [-0.2, 0) is 20.9 Å². The molecule has 4 heterocycles. The molecule has 0 bridgehead atoms. The number of thiazole rings is 1. The number of fused-ring (bicyclic) bond motifs is 2. The lowest BCUT2D eigenvalue weighted by molar-refractivity contribution is -0.139. The molecule has 2 aliphatic rings. The number of amides is 1. The zero-order chi connectivity index (χ0) is 32.5. The van der Waals surface area contributed by atoms with Gasteiger partial charge >= 0.3 is 5.97 Å². The SMILES string of the molecule is CCOC(=O)C1=C(c2ccccc2)N=c2s/c(=C/c3cn(CC(=O)N4CCCC4)c4ccccc34)c(=O)n2[C@H]1c1ccc(SC)cc1. The normalized spacial score (nSPS) is 16.4. The van der Waals surface area contributed by atoms with E-state index >= 15 is 0 Å². The van der Waals surface area contributed by atoms with Crippen LogP contribution in [0.1, 0.15) is 42.5 Å². The summed E-state index contributed by atoms with van der Waals surface area (Å²) in [5.74, 6) is -0.407. The van der Waals surface area contributed by atoms with E-state index in [0.29, 0.717) is 20.6 Å². The molecule has 0 radical (unpaired) electrons. The maximum atomic E-state index is 14.4. The fourth-order valence-corrected chi connectivity index (χ4v) is 7.82. The highest BCUT2D eigenvalue weighted by molar-refractivity contribution is 7.98. The van der Waals surface area contributed by atoms with Crippen LogP contribution in [0.25, 0.3) is 22.7 Å². The molecule has 2 aliphatic heterocycles. The summed E-state index contributed by atoms with van der Waals surface area (Å²) >= 11 is 2.92. The van der Waals surface area contributed by atoms with Crippen molar-refractivity contribution in [1.82, 2.24) is 14.0 Å². The first-order valence-corrected chi connectivity index (χ1v) is 17.8. The van der Waals surface area contributed by atoms with E-state index in [9.17, 15) is 14.4 Å². The van der Waals surface area contributed by atoms with Gasteiger partial charge in [-0.2, -0.15) is 0 Å². The predicted molar refractivity (Wildman–Crippen MR) is 187 cm³/mol. The van der Waals surface area contributed by atoms with Crippen LogP contribution in [0.4, 0.5) is 0 Å². The van der Waals surface area contributed by atoms with E-state index < -0.39 is 12.0 Å². The van der Waals surface area contributed by atoms with Crippen LogP contribution in [-0.4, -0.2) is 51.9 Å². The standard InChI is InChI=1S/C37H34N4O4S2/c1-3-45-36(44)32-33(24-11-5-4-6-12-24)38-37-41(34(32)25-15-17-27(46-2)18-16-25)35(43)30(47-37)21-26-22-40(29-14-8-7-13-28(26)29)23-31(42)39-19-9-10-20-39/h4-8,11-18,21-22,34H,3,9-10,19-20,23H2,1-2H3/b30-21+/t34-/m0/s1. The van der Waals surface area contributed by atoms with Gasteiger partial charge in [0.15, 0.2) is 4.80 Å². The van der Waals surface area contributed by atoms with E-state index in [-0.39, 0.29) is 24.6 Å². The van der Waals surface area contributed by atoms with E-state index in [1.807, 2.05) is 107 Å². The molecule has 1 atom stereocenters. The summed E-state index contributed by atoms with van der Waals surface area (Å²) in [5.41, 5.74) is 3.91. The number of rotatable bonds is 8. The molecule has 8 nitrogen and oxygen atoms in total. The van der Waals surface area contributed by atoms with Crippen molar-refractivity contribution in [2.45, 2.75) is 37.2 Å². The third-order valence-corrected chi connectivity index (χ3v) is 10.4. The molecule has 238 valence electrons. The largest absolute Gasteiger partial charge is 0.463 e. The van der Waals surface area contributed by atoms with Crippen molar-refractivity contribution >= 4 is 57.7 Å². The monoisotopic (exact) mass is 662 g/mol. The van der Waals surface area contributed by atoms with Gasteiger partial charge in [0, 0.05) is 46.2 Å². The Morgan fingerprint density at radius 3 is 2.45 bits per heavy atom. The highest BCUT2D eigenvalue weighted by Crippen LogP contribution is 2.36. The lowest BCUT2D eigenvalue weighted by Crippen LogP contribution is -2.40. The third-order valence-electron chi connectivity index (χ3n) is 8.68. The van der Waals surface area contributed by atoms with E-state index in [4.69, 9.17) is 9.73 Å². The topological polar surface area (TPSA) is 85.9 Å². The minimum absolute atomic E-state index is 0.0987. The van der Waals surface area contributed by atoms with Crippen molar-refractivity contribution in [2.75, 3.05) is 26.0 Å². The molecule has 0 N–H and O–H groups in total. The quantitative estimate of drug-likeness (QED) is 0.168. The van der Waals surface area contributed by atoms with Crippen LogP contribution in [0, 0.1) is 0 Å². The fraction of sp³-hybridized carbons (Fsp3) is 0.243. The third kappa shape index (κ3) is 5.87. The molecule has 47 heavy (non-hydrogen) atoms. The minimum atomic E-state index is -0.738. The number of carbonyl (C=O) groups excluding carboxylic acids is 2. The molecular formula is C37H34N4O4S2. The molecule has 0 spiro atoms. The van der Waals surface area contributed by atoms with Crippen LogP contribution in [0.15, 0.2) is 105 Å². The molecule has 2 aromatic heterocycles. The van der Waals surface area contributed by atoms with E-state index in [2.05, 4.69) is 0 Å². The molecule has 1 amide bonds. The summed E-state index contributed by atoms with van der Waals surface area (Å²) in [6.07, 6.45) is 7.92. The fourth-order valence-electron chi connectivity index (χ4n) is 6.42. The van der Waals surface area contributed by atoms with Crippen LogP contribution in [0.3, 0.4) is 0 Å². The number of likely N-dealkylation sites (tertiary alicyclic amines) is 1. The minimum Gasteiger partial charge on any atom is -0.463 e.